The third kappa shape index (κ3) is 7.49. The number of nitrogens with zero attached hydrogens (tertiary/aromatic N) is 2. The minimum Gasteiger partial charge on any atom is -0.459 e. The molecular weight excluding hydrogens is 584 g/mol. The van der Waals surface area contributed by atoms with Crippen LogP contribution in [0.4, 0.5) is 0 Å². The predicted molar refractivity (Wildman–Crippen MR) is 191 cm³/mol. The summed E-state index contributed by atoms with van der Waals surface area (Å²) < 4.78 is 12.4. The van der Waals surface area contributed by atoms with Crippen LogP contribution < -0.4 is 0 Å². The molecule has 2 aromatic rings. The molecule has 2 saturated heterocycles. The lowest BCUT2D eigenvalue weighted by Gasteiger charge is -2.53. The molecule has 0 amide bonds. The number of likely N-dealkylation sites (tertiary alicyclic amines) is 2. The second kappa shape index (κ2) is 12.9. The number of carbonyl (C=O) groups excluding carboxylic acids is 2. The number of ether oxygens (including phenoxy) is 2. The summed E-state index contributed by atoms with van der Waals surface area (Å²) in [6.07, 6.45) is 14.9. The van der Waals surface area contributed by atoms with Crippen molar-refractivity contribution in [2.45, 2.75) is 121 Å². The zero-order valence-corrected chi connectivity index (χ0v) is 30.1. The number of carbonyl (C=O) groups is 2. The smallest absolute Gasteiger partial charge is 0.339 e. The summed E-state index contributed by atoms with van der Waals surface area (Å²) in [6, 6.07) is 13.6. The molecule has 0 aromatic heterocycles. The van der Waals surface area contributed by atoms with Crippen LogP contribution in [0.25, 0.3) is 11.1 Å². The maximum absolute atomic E-state index is 14.1. The number of piperidine rings is 2. The van der Waals surface area contributed by atoms with E-state index in [0.29, 0.717) is 11.1 Å². The minimum atomic E-state index is -0.415. The van der Waals surface area contributed by atoms with Crippen molar-refractivity contribution < 1.29 is 19.1 Å². The molecule has 6 heteroatoms. The maximum atomic E-state index is 14.1. The average Bonchev–Trinajstić information content (AvgIpc) is 3.28. The summed E-state index contributed by atoms with van der Waals surface area (Å²) in [5, 5.41) is 0. The molecule has 6 nitrogen and oxygen atoms in total. The molecule has 252 valence electrons. The normalized spacial score (nSPS) is 22.9. The number of hydrogen-bond acceptors (Lipinski definition) is 6. The third-order valence-corrected chi connectivity index (χ3v) is 11.1. The first-order chi connectivity index (χ1) is 21.9. The number of allylic oxidation sites excluding steroid dienone is 6. The second-order valence-electron chi connectivity index (χ2n) is 16.3. The molecule has 3 aliphatic rings. The summed E-state index contributed by atoms with van der Waals surface area (Å²) in [5.74, 6) is -0.655. The highest BCUT2D eigenvalue weighted by Gasteiger charge is 2.46. The lowest BCUT2D eigenvalue weighted by atomic mass is 9.78. The van der Waals surface area contributed by atoms with Gasteiger partial charge in [0.2, 0.25) is 0 Å². The van der Waals surface area contributed by atoms with E-state index in [9.17, 15) is 9.59 Å². The zero-order chi connectivity index (χ0) is 34.4. The average molecular weight is 639 g/mol. The van der Waals surface area contributed by atoms with Gasteiger partial charge >= 0.3 is 11.9 Å². The van der Waals surface area contributed by atoms with Crippen LogP contribution in [0.1, 0.15) is 113 Å². The van der Waals surface area contributed by atoms with E-state index in [1.54, 1.807) is 12.1 Å². The summed E-state index contributed by atoms with van der Waals surface area (Å²) in [4.78, 5) is 32.5. The van der Waals surface area contributed by atoms with Crippen molar-refractivity contribution in [3.8, 4) is 11.1 Å². The molecule has 2 fully saturated rings. The lowest BCUT2D eigenvalue weighted by Crippen LogP contribution is -2.60. The number of rotatable bonds is 6. The predicted octanol–water partition coefficient (Wildman–Crippen LogP) is 8.74. The van der Waals surface area contributed by atoms with E-state index in [2.05, 4.69) is 116 Å². The van der Waals surface area contributed by atoms with Crippen molar-refractivity contribution >= 4 is 11.9 Å². The fourth-order valence-electron chi connectivity index (χ4n) is 7.92. The molecule has 47 heavy (non-hydrogen) atoms. The van der Waals surface area contributed by atoms with Gasteiger partial charge in [0.1, 0.15) is 12.2 Å². The van der Waals surface area contributed by atoms with Gasteiger partial charge in [0, 0.05) is 53.8 Å². The van der Waals surface area contributed by atoms with Gasteiger partial charge in [-0.05, 0) is 98.3 Å². The van der Waals surface area contributed by atoms with Crippen LogP contribution in [0.15, 0.2) is 78.9 Å². The van der Waals surface area contributed by atoms with Gasteiger partial charge in [-0.2, -0.15) is 0 Å². The van der Waals surface area contributed by atoms with Crippen molar-refractivity contribution in [2.24, 2.45) is 0 Å². The van der Waals surface area contributed by atoms with Gasteiger partial charge in [0.25, 0.3) is 0 Å². The van der Waals surface area contributed by atoms with E-state index < -0.39 is 11.9 Å². The van der Waals surface area contributed by atoms with Crippen molar-refractivity contribution in [2.75, 3.05) is 14.1 Å². The fourth-order valence-corrected chi connectivity index (χ4v) is 7.92. The Hall–Kier alpha value is -3.48. The first-order valence-corrected chi connectivity index (χ1v) is 17.1. The summed E-state index contributed by atoms with van der Waals surface area (Å²) in [5.41, 5.74) is 3.02. The number of benzene rings is 2. The van der Waals surface area contributed by atoms with Crippen LogP contribution in [0.5, 0.6) is 0 Å². The van der Waals surface area contributed by atoms with E-state index >= 15 is 0 Å². The van der Waals surface area contributed by atoms with Crippen molar-refractivity contribution in [1.82, 2.24) is 9.80 Å². The van der Waals surface area contributed by atoms with Crippen LogP contribution in [0.3, 0.4) is 0 Å². The molecule has 1 aliphatic carbocycles. The van der Waals surface area contributed by atoms with Gasteiger partial charge in [-0.3, -0.25) is 9.80 Å². The molecule has 2 aliphatic heterocycles. The minimum absolute atomic E-state index is 0.119. The van der Waals surface area contributed by atoms with Gasteiger partial charge in [0.15, 0.2) is 0 Å². The molecular formula is C41H54N2O4. The van der Waals surface area contributed by atoms with Crippen LogP contribution in [-0.2, 0) is 9.47 Å². The largest absolute Gasteiger partial charge is 0.459 e. The maximum Gasteiger partial charge on any atom is 0.339 e. The molecule has 5 rings (SSSR count). The topological polar surface area (TPSA) is 59.1 Å². The molecule has 0 unspecified atom stereocenters. The molecule has 2 heterocycles. The summed E-state index contributed by atoms with van der Waals surface area (Å²) >= 11 is 0. The molecule has 0 saturated carbocycles. The van der Waals surface area contributed by atoms with Crippen molar-refractivity contribution in [3.05, 3.63) is 95.6 Å². The Morgan fingerprint density at radius 3 is 1.53 bits per heavy atom. The van der Waals surface area contributed by atoms with E-state index in [0.717, 1.165) is 42.4 Å². The molecule has 0 N–H and O–H groups in total. The highest BCUT2D eigenvalue weighted by atomic mass is 16.5. The lowest BCUT2D eigenvalue weighted by molar-refractivity contribution is -0.0736. The van der Waals surface area contributed by atoms with Gasteiger partial charge in [-0.15, -0.1) is 0 Å². The van der Waals surface area contributed by atoms with E-state index in [4.69, 9.17) is 9.47 Å². The quantitative estimate of drug-likeness (QED) is 0.295. The Labute approximate surface area is 282 Å². The molecule has 2 aromatic carbocycles. The Kier molecular flexibility index (Phi) is 9.53. The molecule has 0 radical (unpaired) electrons. The second-order valence-corrected chi connectivity index (χ2v) is 16.3. The molecule has 0 atom stereocenters. The van der Waals surface area contributed by atoms with Crippen molar-refractivity contribution in [3.63, 3.8) is 0 Å². The number of esters is 2. The van der Waals surface area contributed by atoms with Gasteiger partial charge < -0.3 is 9.47 Å². The molecule has 0 bridgehead atoms. The highest BCUT2D eigenvalue weighted by Crippen LogP contribution is 2.40. The standard InChI is InChI=1S/C41H54N2O4/c1-38(2)24-32(25-39(3,4)42(38)9)46-36(44)31-21-22-34(30-19-17-29(18-20-30)28-15-13-11-12-14-16-28)35(23-31)37(45)47-33-26-40(5,6)43(10)41(7,8)27-33/h11-23,28,32-33H,24-27H2,1-10H3. The van der Waals surface area contributed by atoms with Crippen LogP contribution in [-0.4, -0.2) is 70.2 Å². The van der Waals surface area contributed by atoms with Crippen molar-refractivity contribution in [1.29, 1.82) is 0 Å². The first kappa shape index (κ1) is 34.8. The Morgan fingerprint density at radius 2 is 1.06 bits per heavy atom. The summed E-state index contributed by atoms with van der Waals surface area (Å²) in [7, 11) is 4.27. The van der Waals surface area contributed by atoms with E-state index in [-0.39, 0.29) is 40.3 Å². The zero-order valence-electron chi connectivity index (χ0n) is 30.1. The Morgan fingerprint density at radius 1 is 0.617 bits per heavy atom. The monoisotopic (exact) mass is 638 g/mol. The van der Waals surface area contributed by atoms with Gasteiger partial charge in [0.05, 0.1) is 11.1 Å². The molecule has 0 spiro atoms. The van der Waals surface area contributed by atoms with Gasteiger partial charge in [-0.25, -0.2) is 9.59 Å². The van der Waals surface area contributed by atoms with Crippen LogP contribution >= 0.6 is 0 Å². The Balaban J connectivity index is 1.45. The third-order valence-electron chi connectivity index (χ3n) is 11.1. The van der Waals surface area contributed by atoms with E-state index in [1.807, 2.05) is 30.4 Å². The van der Waals surface area contributed by atoms with E-state index in [1.165, 1.54) is 0 Å². The fraction of sp³-hybridized carbons (Fsp3) is 0.512. The highest BCUT2D eigenvalue weighted by molar-refractivity contribution is 6.01. The first-order valence-electron chi connectivity index (χ1n) is 17.1. The van der Waals surface area contributed by atoms with Crippen LogP contribution in [0.2, 0.25) is 0 Å². The Bertz CT molecular complexity index is 1520. The summed E-state index contributed by atoms with van der Waals surface area (Å²) in [6.45, 7) is 17.5. The van der Waals surface area contributed by atoms with Crippen LogP contribution in [0, 0.1) is 0 Å². The SMILES string of the molecule is CN1C(C)(C)CC(OC(=O)c2ccc(-c3ccc(C4C=CC=CC=C4)cc3)c(C(=O)OC3CC(C)(C)N(C)C(C)(C)C3)c2)CC1(C)C. The van der Waals surface area contributed by atoms with Gasteiger partial charge in [-0.1, -0.05) is 66.8 Å². The number of hydrogen-bond donors (Lipinski definition) is 0.